The van der Waals surface area contributed by atoms with E-state index in [2.05, 4.69) is 6.58 Å². The Morgan fingerprint density at radius 3 is 2.64 bits per heavy atom. The van der Waals surface area contributed by atoms with Crippen LogP contribution in [0.2, 0.25) is 0 Å². The Hall–Kier alpha value is -0.990. The third-order valence-electron chi connectivity index (χ3n) is 1.11. The van der Waals surface area contributed by atoms with Gasteiger partial charge in [-0.25, -0.2) is 4.39 Å². The first-order valence-corrected chi connectivity index (χ1v) is 3.34. The Balaban J connectivity index is 3.81. The smallest absolute Gasteiger partial charge is 0.155 e. The van der Waals surface area contributed by atoms with Crippen LogP contribution in [0.1, 0.15) is 6.92 Å². The van der Waals surface area contributed by atoms with Gasteiger partial charge in [0.25, 0.3) is 0 Å². The summed E-state index contributed by atoms with van der Waals surface area (Å²) < 4.78 is 21.3. The molecule has 0 bridgehead atoms. The molecule has 11 heavy (non-hydrogen) atoms. The number of alkyl halides is 1. The van der Waals surface area contributed by atoms with Crippen molar-refractivity contribution in [1.29, 1.82) is 0 Å². The molecular formula is C8H13FO2. The monoisotopic (exact) mass is 160 g/mol. The van der Waals surface area contributed by atoms with Gasteiger partial charge in [0.15, 0.2) is 11.5 Å². The lowest BCUT2D eigenvalue weighted by Gasteiger charge is -2.08. The van der Waals surface area contributed by atoms with E-state index >= 15 is 0 Å². The molecule has 0 aliphatic heterocycles. The van der Waals surface area contributed by atoms with E-state index in [-0.39, 0.29) is 6.61 Å². The summed E-state index contributed by atoms with van der Waals surface area (Å²) in [7, 11) is 1.51. The van der Waals surface area contributed by atoms with E-state index in [0.29, 0.717) is 11.5 Å². The molecule has 0 fully saturated rings. The van der Waals surface area contributed by atoms with Crippen LogP contribution in [0.4, 0.5) is 4.39 Å². The minimum Gasteiger partial charge on any atom is -0.493 e. The van der Waals surface area contributed by atoms with Crippen molar-refractivity contribution in [2.45, 2.75) is 6.92 Å². The molecule has 0 saturated carbocycles. The summed E-state index contributed by atoms with van der Waals surface area (Å²) in [5, 5.41) is 0. The predicted molar refractivity (Wildman–Crippen MR) is 41.8 cm³/mol. The molecule has 2 nitrogen and oxygen atoms in total. The van der Waals surface area contributed by atoms with E-state index in [4.69, 9.17) is 9.47 Å². The Labute approximate surface area is 66.3 Å². The second kappa shape index (κ2) is 5.77. The van der Waals surface area contributed by atoms with Crippen LogP contribution in [0.25, 0.3) is 0 Å². The van der Waals surface area contributed by atoms with Crippen molar-refractivity contribution in [3.8, 4) is 0 Å². The fraction of sp³-hybridized carbons (Fsp3) is 0.500. The number of hydrogen-bond donors (Lipinski definition) is 0. The molecule has 0 heterocycles. The van der Waals surface area contributed by atoms with Crippen molar-refractivity contribution in [3.63, 3.8) is 0 Å². The van der Waals surface area contributed by atoms with Gasteiger partial charge in [-0.15, -0.1) is 0 Å². The molecule has 0 aromatic carbocycles. The molecule has 0 saturated heterocycles. The lowest BCUT2D eigenvalue weighted by atomic mass is 10.4. The summed E-state index contributed by atoms with van der Waals surface area (Å²) in [4.78, 5) is 0. The van der Waals surface area contributed by atoms with Gasteiger partial charge >= 0.3 is 0 Å². The molecule has 0 rings (SSSR count). The summed E-state index contributed by atoms with van der Waals surface area (Å²) in [6.45, 7) is 4.86. The summed E-state index contributed by atoms with van der Waals surface area (Å²) >= 11 is 0. The van der Waals surface area contributed by atoms with Crippen LogP contribution in [0, 0.1) is 0 Å². The van der Waals surface area contributed by atoms with Crippen LogP contribution in [0.15, 0.2) is 24.2 Å². The van der Waals surface area contributed by atoms with Crippen LogP contribution in [-0.2, 0) is 9.47 Å². The zero-order valence-electron chi connectivity index (χ0n) is 6.89. The van der Waals surface area contributed by atoms with E-state index in [9.17, 15) is 4.39 Å². The van der Waals surface area contributed by atoms with Gasteiger partial charge in [-0.2, -0.15) is 0 Å². The number of ether oxygens (including phenoxy) is 2. The van der Waals surface area contributed by atoms with Crippen molar-refractivity contribution >= 4 is 0 Å². The van der Waals surface area contributed by atoms with Crippen molar-refractivity contribution in [2.75, 3.05) is 20.4 Å². The van der Waals surface area contributed by atoms with Crippen molar-refractivity contribution in [1.82, 2.24) is 0 Å². The second-order valence-corrected chi connectivity index (χ2v) is 1.82. The van der Waals surface area contributed by atoms with Gasteiger partial charge in [0.05, 0.1) is 7.11 Å². The van der Waals surface area contributed by atoms with Crippen LogP contribution in [0.5, 0.6) is 0 Å². The second-order valence-electron chi connectivity index (χ2n) is 1.82. The maximum absolute atomic E-state index is 11.6. The molecular weight excluding hydrogens is 147 g/mol. The summed E-state index contributed by atoms with van der Waals surface area (Å²) in [6, 6.07) is 0. The first-order chi connectivity index (χ1) is 5.26. The number of allylic oxidation sites excluding steroid dienone is 1. The average Bonchev–Trinajstić information content (AvgIpc) is 2.03. The zero-order valence-corrected chi connectivity index (χ0v) is 6.89. The van der Waals surface area contributed by atoms with Crippen LogP contribution < -0.4 is 0 Å². The van der Waals surface area contributed by atoms with E-state index in [0.717, 1.165) is 0 Å². The first kappa shape index (κ1) is 10.0. The summed E-state index contributed by atoms with van der Waals surface area (Å²) in [5.41, 5.74) is 0. The van der Waals surface area contributed by atoms with E-state index in [1.165, 1.54) is 7.11 Å². The molecule has 0 amide bonds. The highest BCUT2D eigenvalue weighted by Crippen LogP contribution is 2.08. The molecule has 0 aliphatic rings. The van der Waals surface area contributed by atoms with Crippen molar-refractivity contribution in [3.05, 3.63) is 24.2 Å². The van der Waals surface area contributed by atoms with Gasteiger partial charge in [-0.1, -0.05) is 6.58 Å². The molecule has 0 atom stereocenters. The Kier molecular flexibility index (Phi) is 5.25. The third-order valence-corrected chi connectivity index (χ3v) is 1.11. The number of halogens is 1. The topological polar surface area (TPSA) is 18.5 Å². The SMILES string of the molecule is C=C(OCCF)/C(=C\C)OC. The zero-order chi connectivity index (χ0) is 8.69. The highest BCUT2D eigenvalue weighted by molar-refractivity contribution is 5.15. The maximum Gasteiger partial charge on any atom is 0.155 e. The van der Waals surface area contributed by atoms with E-state index in [1.807, 2.05) is 0 Å². The fourth-order valence-electron chi connectivity index (χ4n) is 0.626. The largest absolute Gasteiger partial charge is 0.493 e. The molecule has 0 N–H and O–H groups in total. The Morgan fingerprint density at radius 1 is 1.64 bits per heavy atom. The fourth-order valence-corrected chi connectivity index (χ4v) is 0.626. The molecule has 64 valence electrons. The Morgan fingerprint density at radius 2 is 2.27 bits per heavy atom. The lowest BCUT2D eigenvalue weighted by Crippen LogP contribution is -1.99. The normalized spacial score (nSPS) is 11.0. The van der Waals surface area contributed by atoms with Gasteiger partial charge in [-0.05, 0) is 13.0 Å². The molecule has 0 aromatic heterocycles. The first-order valence-electron chi connectivity index (χ1n) is 3.34. The molecule has 0 radical (unpaired) electrons. The quantitative estimate of drug-likeness (QED) is 0.452. The van der Waals surface area contributed by atoms with E-state index < -0.39 is 6.67 Å². The highest BCUT2D eigenvalue weighted by atomic mass is 19.1. The highest BCUT2D eigenvalue weighted by Gasteiger charge is 2.00. The van der Waals surface area contributed by atoms with Crippen LogP contribution in [-0.4, -0.2) is 20.4 Å². The summed E-state index contributed by atoms with van der Waals surface area (Å²) in [5.74, 6) is 0.908. The third kappa shape index (κ3) is 3.65. The van der Waals surface area contributed by atoms with Gasteiger partial charge in [0.2, 0.25) is 0 Å². The van der Waals surface area contributed by atoms with Gasteiger partial charge in [0, 0.05) is 0 Å². The van der Waals surface area contributed by atoms with Gasteiger partial charge in [-0.3, -0.25) is 0 Å². The van der Waals surface area contributed by atoms with Gasteiger partial charge in [0.1, 0.15) is 13.3 Å². The molecule has 0 spiro atoms. The van der Waals surface area contributed by atoms with Crippen LogP contribution in [0.3, 0.4) is 0 Å². The van der Waals surface area contributed by atoms with Gasteiger partial charge < -0.3 is 9.47 Å². The molecule has 0 unspecified atom stereocenters. The predicted octanol–water partition coefficient (Wildman–Crippen LogP) is 2.04. The standard InChI is InChI=1S/C8H13FO2/c1-4-8(10-3)7(2)11-6-5-9/h4H,2,5-6H2,1,3H3/b8-4+. The molecule has 0 aliphatic carbocycles. The molecule has 0 aromatic rings. The lowest BCUT2D eigenvalue weighted by molar-refractivity contribution is 0.162. The van der Waals surface area contributed by atoms with Crippen LogP contribution >= 0.6 is 0 Å². The molecule has 3 heteroatoms. The maximum atomic E-state index is 11.6. The van der Waals surface area contributed by atoms with E-state index in [1.54, 1.807) is 13.0 Å². The average molecular weight is 160 g/mol. The minimum absolute atomic E-state index is 0.0273. The number of rotatable bonds is 5. The minimum atomic E-state index is -0.514. The van der Waals surface area contributed by atoms with Crippen molar-refractivity contribution < 1.29 is 13.9 Å². The number of methoxy groups -OCH3 is 1. The Bertz CT molecular complexity index is 152. The summed E-state index contributed by atoms with van der Waals surface area (Å²) in [6.07, 6.45) is 1.71. The number of hydrogen-bond acceptors (Lipinski definition) is 2. The van der Waals surface area contributed by atoms with Crippen molar-refractivity contribution in [2.24, 2.45) is 0 Å².